The molecule has 3 rings (SSSR count). The van der Waals surface area contributed by atoms with Crippen LogP contribution in [0.25, 0.3) is 0 Å². The summed E-state index contributed by atoms with van der Waals surface area (Å²) < 4.78 is 0. The highest BCUT2D eigenvalue weighted by molar-refractivity contribution is 6.44. The molecule has 1 saturated heterocycles. The molecule has 23 heavy (non-hydrogen) atoms. The monoisotopic (exact) mass is 350 g/mol. The fourth-order valence-electron chi connectivity index (χ4n) is 2.66. The fraction of sp³-hybridized carbons (Fsp3) is 0.312. The van der Waals surface area contributed by atoms with Gasteiger partial charge >= 0.3 is 0 Å². The van der Waals surface area contributed by atoms with E-state index >= 15 is 0 Å². The first kappa shape index (κ1) is 16.0. The molecule has 1 amide bonds. The molecule has 1 aromatic heterocycles. The lowest BCUT2D eigenvalue weighted by Gasteiger charge is -2.32. The number of benzene rings is 1. The molecule has 1 aromatic carbocycles. The predicted molar refractivity (Wildman–Crippen MR) is 92.1 cm³/mol. The third kappa shape index (κ3) is 3.74. The van der Waals surface area contributed by atoms with E-state index in [0.29, 0.717) is 28.2 Å². The van der Waals surface area contributed by atoms with Gasteiger partial charge in [-0.2, -0.15) is 0 Å². The van der Waals surface area contributed by atoms with Crippen LogP contribution in [0.1, 0.15) is 12.8 Å². The first-order chi connectivity index (χ1) is 11.1. The number of carbonyl (C=O) groups excluding carboxylic acids is 1. The van der Waals surface area contributed by atoms with E-state index in [1.807, 2.05) is 4.90 Å². The molecule has 120 valence electrons. The maximum Gasteiger partial charge on any atom is 0.229 e. The summed E-state index contributed by atoms with van der Waals surface area (Å²) in [6, 6.07) is 6.97. The quantitative estimate of drug-likeness (QED) is 0.917. The highest BCUT2D eigenvalue weighted by atomic mass is 35.5. The van der Waals surface area contributed by atoms with Crippen LogP contribution in [0.2, 0.25) is 10.0 Å². The number of hydrogen-bond donors (Lipinski definition) is 1. The van der Waals surface area contributed by atoms with Crippen LogP contribution < -0.4 is 10.2 Å². The molecular formula is C16H16Cl2N4O. The standard InChI is InChI=1S/C16H16Cl2N4O/c17-12-5-1-6-13(14(12)18)21-15(23)11-4-2-9-22(10-11)16-19-7-3-8-20-16/h1,3,5-8,11H,2,4,9-10H2,(H,21,23). The molecule has 7 heteroatoms. The molecule has 0 spiro atoms. The number of piperidine rings is 1. The lowest BCUT2D eigenvalue weighted by molar-refractivity contribution is -0.120. The Morgan fingerprint density at radius 3 is 2.78 bits per heavy atom. The first-order valence-corrected chi connectivity index (χ1v) is 8.17. The number of anilines is 2. The normalized spacial score (nSPS) is 17.8. The largest absolute Gasteiger partial charge is 0.340 e. The van der Waals surface area contributed by atoms with Crippen molar-refractivity contribution in [1.82, 2.24) is 9.97 Å². The molecule has 0 radical (unpaired) electrons. The lowest BCUT2D eigenvalue weighted by Crippen LogP contribution is -2.41. The maximum atomic E-state index is 12.5. The molecular weight excluding hydrogens is 335 g/mol. The molecule has 1 aliphatic rings. The van der Waals surface area contributed by atoms with Gasteiger partial charge in [0.2, 0.25) is 11.9 Å². The Labute approximate surface area is 144 Å². The van der Waals surface area contributed by atoms with Crippen molar-refractivity contribution >= 4 is 40.7 Å². The van der Waals surface area contributed by atoms with Gasteiger partial charge in [0.25, 0.3) is 0 Å². The van der Waals surface area contributed by atoms with Gasteiger partial charge in [-0.05, 0) is 31.0 Å². The van der Waals surface area contributed by atoms with Gasteiger partial charge in [0.1, 0.15) is 0 Å². The van der Waals surface area contributed by atoms with Crippen LogP contribution in [0, 0.1) is 5.92 Å². The molecule has 1 unspecified atom stereocenters. The van der Waals surface area contributed by atoms with Gasteiger partial charge in [-0.1, -0.05) is 29.3 Å². The van der Waals surface area contributed by atoms with Gasteiger partial charge < -0.3 is 10.2 Å². The topological polar surface area (TPSA) is 58.1 Å². The summed E-state index contributed by atoms with van der Waals surface area (Å²) in [5, 5.41) is 3.66. The van der Waals surface area contributed by atoms with Crippen molar-refractivity contribution in [3.63, 3.8) is 0 Å². The van der Waals surface area contributed by atoms with Crippen LogP contribution in [0.4, 0.5) is 11.6 Å². The van der Waals surface area contributed by atoms with Gasteiger partial charge in [-0.3, -0.25) is 4.79 Å². The summed E-state index contributed by atoms with van der Waals surface area (Å²) in [5.74, 6) is 0.461. The van der Waals surface area contributed by atoms with Crippen LogP contribution in [-0.2, 0) is 4.79 Å². The minimum atomic E-state index is -0.136. The van der Waals surface area contributed by atoms with Gasteiger partial charge in [-0.15, -0.1) is 0 Å². The number of aromatic nitrogens is 2. The molecule has 1 N–H and O–H groups in total. The van der Waals surface area contributed by atoms with Crippen LogP contribution in [0.5, 0.6) is 0 Å². The minimum Gasteiger partial charge on any atom is -0.340 e. The third-order valence-corrected chi connectivity index (χ3v) is 4.66. The van der Waals surface area contributed by atoms with E-state index in [0.717, 1.165) is 19.4 Å². The summed E-state index contributed by atoms with van der Waals surface area (Å²) in [6.45, 7) is 1.44. The van der Waals surface area contributed by atoms with E-state index in [-0.39, 0.29) is 11.8 Å². The lowest BCUT2D eigenvalue weighted by atomic mass is 9.97. The molecule has 2 heterocycles. The highest BCUT2D eigenvalue weighted by Crippen LogP contribution is 2.30. The molecule has 2 aromatic rings. The Balaban J connectivity index is 1.69. The van der Waals surface area contributed by atoms with Crippen molar-refractivity contribution in [3.05, 3.63) is 46.7 Å². The van der Waals surface area contributed by atoms with Crippen molar-refractivity contribution in [3.8, 4) is 0 Å². The minimum absolute atomic E-state index is 0.0604. The van der Waals surface area contributed by atoms with Gasteiger partial charge in [0, 0.05) is 25.5 Å². The van der Waals surface area contributed by atoms with Gasteiger partial charge in [0.15, 0.2) is 0 Å². The average molecular weight is 351 g/mol. The summed E-state index contributed by atoms with van der Waals surface area (Å²) in [5.41, 5.74) is 0.539. The molecule has 1 aliphatic heterocycles. The van der Waals surface area contributed by atoms with Crippen LogP contribution in [-0.4, -0.2) is 29.0 Å². The molecule has 1 fully saturated rings. The zero-order valence-electron chi connectivity index (χ0n) is 12.4. The van der Waals surface area contributed by atoms with Crippen molar-refractivity contribution in [1.29, 1.82) is 0 Å². The molecule has 1 atom stereocenters. The molecule has 0 saturated carbocycles. The van der Waals surface area contributed by atoms with E-state index in [4.69, 9.17) is 23.2 Å². The first-order valence-electron chi connectivity index (χ1n) is 7.42. The second kappa shape index (κ2) is 7.15. The second-order valence-electron chi connectivity index (χ2n) is 5.42. The van der Waals surface area contributed by atoms with Gasteiger partial charge in [0.05, 0.1) is 21.7 Å². The van der Waals surface area contributed by atoms with E-state index in [1.54, 1.807) is 36.7 Å². The zero-order chi connectivity index (χ0) is 16.2. The number of halogens is 2. The average Bonchev–Trinajstić information content (AvgIpc) is 2.60. The zero-order valence-corrected chi connectivity index (χ0v) is 13.9. The van der Waals surface area contributed by atoms with E-state index in [1.165, 1.54) is 0 Å². The summed E-state index contributed by atoms with van der Waals surface area (Å²) in [6.07, 6.45) is 5.16. The maximum absolute atomic E-state index is 12.5. The van der Waals surface area contributed by atoms with Crippen LogP contribution in [0.3, 0.4) is 0 Å². The Morgan fingerprint density at radius 1 is 1.22 bits per heavy atom. The Bertz CT molecular complexity index is 696. The van der Waals surface area contributed by atoms with Gasteiger partial charge in [-0.25, -0.2) is 9.97 Å². The van der Waals surface area contributed by atoms with Crippen molar-refractivity contribution < 1.29 is 4.79 Å². The van der Waals surface area contributed by atoms with Crippen molar-refractivity contribution in [2.45, 2.75) is 12.8 Å². The highest BCUT2D eigenvalue weighted by Gasteiger charge is 2.27. The summed E-state index contributed by atoms with van der Waals surface area (Å²) >= 11 is 12.1. The molecule has 5 nitrogen and oxygen atoms in total. The Hall–Kier alpha value is -1.85. The van der Waals surface area contributed by atoms with E-state index in [2.05, 4.69) is 15.3 Å². The number of amides is 1. The SMILES string of the molecule is O=C(Nc1cccc(Cl)c1Cl)C1CCCN(c2ncccn2)C1. The van der Waals surface area contributed by atoms with E-state index in [9.17, 15) is 4.79 Å². The fourth-order valence-corrected chi connectivity index (χ4v) is 3.01. The van der Waals surface area contributed by atoms with Crippen molar-refractivity contribution in [2.75, 3.05) is 23.3 Å². The number of nitrogens with one attached hydrogen (secondary N) is 1. The Morgan fingerprint density at radius 2 is 2.00 bits per heavy atom. The van der Waals surface area contributed by atoms with Crippen LogP contribution in [0.15, 0.2) is 36.7 Å². The number of nitrogens with zero attached hydrogens (tertiary/aromatic N) is 3. The second-order valence-corrected chi connectivity index (χ2v) is 6.21. The van der Waals surface area contributed by atoms with Crippen molar-refractivity contribution in [2.24, 2.45) is 5.92 Å². The Kier molecular flexibility index (Phi) is 4.98. The number of hydrogen-bond acceptors (Lipinski definition) is 4. The number of carbonyl (C=O) groups is 1. The molecule has 0 bridgehead atoms. The predicted octanol–water partition coefficient (Wildman–Crippen LogP) is 3.64. The van der Waals surface area contributed by atoms with Crippen LogP contribution >= 0.6 is 23.2 Å². The summed E-state index contributed by atoms with van der Waals surface area (Å²) in [4.78, 5) is 23.1. The summed E-state index contributed by atoms with van der Waals surface area (Å²) in [7, 11) is 0. The number of rotatable bonds is 3. The third-order valence-electron chi connectivity index (χ3n) is 3.84. The molecule has 0 aliphatic carbocycles. The van der Waals surface area contributed by atoms with E-state index < -0.39 is 0 Å². The smallest absolute Gasteiger partial charge is 0.229 e.